The lowest BCUT2D eigenvalue weighted by molar-refractivity contribution is -0.148. The fourth-order valence-corrected chi connectivity index (χ4v) is 1.58. The first kappa shape index (κ1) is 16.3. The van der Waals surface area contributed by atoms with E-state index in [-0.39, 0.29) is 0 Å². The zero-order valence-corrected chi connectivity index (χ0v) is 11.2. The maximum Gasteiger partial charge on any atom is 0.329 e. The molecule has 0 amide bonds. The second-order valence-electron chi connectivity index (χ2n) is 4.07. The largest absolute Gasteiger partial charge is 0.480 e. The maximum absolute atomic E-state index is 9.66. The number of fused-ring (bicyclic) bond motifs is 1. The minimum Gasteiger partial charge on any atom is -0.480 e. The number of carbonyl (C=O) groups is 2. The lowest BCUT2D eigenvalue weighted by Gasteiger charge is -2.03. The van der Waals surface area contributed by atoms with Crippen LogP contribution >= 0.6 is 0 Å². The van der Waals surface area contributed by atoms with Crippen molar-refractivity contribution < 1.29 is 24.5 Å². The van der Waals surface area contributed by atoms with E-state index in [4.69, 9.17) is 21.7 Å². The molecule has 7 nitrogen and oxygen atoms in total. The van der Waals surface area contributed by atoms with E-state index < -0.39 is 25.2 Å². The highest BCUT2D eigenvalue weighted by atomic mass is 16.5. The highest BCUT2D eigenvalue weighted by molar-refractivity contribution is 5.99. The van der Waals surface area contributed by atoms with Crippen LogP contribution in [0.2, 0.25) is 0 Å². The Bertz CT molecular complexity index is 587. The summed E-state index contributed by atoms with van der Waals surface area (Å²) < 4.78 is 4.16. The van der Waals surface area contributed by atoms with E-state index in [1.165, 1.54) is 0 Å². The zero-order chi connectivity index (χ0) is 15.8. The van der Waals surface area contributed by atoms with Gasteiger partial charge in [0.15, 0.2) is 0 Å². The lowest BCUT2D eigenvalue weighted by Crippen LogP contribution is -2.13. The average Bonchev–Trinajstić information content (AvgIpc) is 2.40. The van der Waals surface area contributed by atoms with Crippen LogP contribution in [0.4, 0.5) is 11.4 Å². The molecule has 21 heavy (non-hydrogen) atoms. The van der Waals surface area contributed by atoms with E-state index >= 15 is 0 Å². The molecular weight excluding hydrogens is 276 g/mol. The number of carboxylic acids is 2. The van der Waals surface area contributed by atoms with Crippen LogP contribution in [-0.2, 0) is 14.3 Å². The first-order valence-electron chi connectivity index (χ1n) is 5.96. The molecule has 0 atom stereocenters. The number of rotatable bonds is 4. The summed E-state index contributed by atoms with van der Waals surface area (Å²) in [4.78, 5) is 19.3. The third-order valence-corrected chi connectivity index (χ3v) is 2.44. The molecule has 0 bridgehead atoms. The van der Waals surface area contributed by atoms with E-state index in [0.29, 0.717) is 0 Å². The first-order chi connectivity index (χ1) is 9.91. The van der Waals surface area contributed by atoms with Gasteiger partial charge in [0.1, 0.15) is 13.2 Å². The predicted octanol–water partition coefficient (Wildman–Crippen LogP) is 1.18. The van der Waals surface area contributed by atoms with Crippen LogP contribution in [0.3, 0.4) is 0 Å². The number of benzene rings is 2. The molecule has 0 aliphatic rings. The van der Waals surface area contributed by atoms with E-state index in [1.807, 2.05) is 36.4 Å². The smallest absolute Gasteiger partial charge is 0.329 e. The molecule has 6 N–H and O–H groups in total. The molecule has 0 aliphatic heterocycles. The molecule has 2 aromatic carbocycles. The fraction of sp³-hybridized carbons (Fsp3) is 0.143. The van der Waals surface area contributed by atoms with Gasteiger partial charge in [-0.05, 0) is 12.1 Å². The summed E-state index contributed by atoms with van der Waals surface area (Å²) in [6.07, 6.45) is 0. The highest BCUT2D eigenvalue weighted by Gasteiger charge is 1.99. The van der Waals surface area contributed by atoms with Crippen molar-refractivity contribution in [1.82, 2.24) is 0 Å². The summed E-state index contributed by atoms with van der Waals surface area (Å²) in [6, 6.07) is 11.5. The van der Waals surface area contributed by atoms with Crippen molar-refractivity contribution in [2.24, 2.45) is 0 Å². The molecule has 7 heteroatoms. The van der Waals surface area contributed by atoms with Gasteiger partial charge < -0.3 is 26.4 Å². The summed E-state index contributed by atoms with van der Waals surface area (Å²) in [5.41, 5.74) is 13.1. The Balaban J connectivity index is 0.000000222. The number of nitrogens with two attached hydrogens (primary N) is 2. The predicted molar refractivity (Wildman–Crippen MR) is 78.9 cm³/mol. The van der Waals surface area contributed by atoms with E-state index in [2.05, 4.69) is 4.74 Å². The molecule has 0 radical (unpaired) electrons. The average molecular weight is 292 g/mol. The number of anilines is 2. The molecule has 0 fully saturated rings. The Hall–Kier alpha value is -2.80. The van der Waals surface area contributed by atoms with Crippen molar-refractivity contribution in [2.45, 2.75) is 0 Å². The van der Waals surface area contributed by atoms with E-state index in [0.717, 1.165) is 22.1 Å². The summed E-state index contributed by atoms with van der Waals surface area (Å²) in [6.45, 7) is -1.13. The normalized spacial score (nSPS) is 9.71. The van der Waals surface area contributed by atoms with Gasteiger partial charge in [0, 0.05) is 22.1 Å². The van der Waals surface area contributed by atoms with Crippen molar-refractivity contribution in [3.8, 4) is 0 Å². The van der Waals surface area contributed by atoms with Gasteiger partial charge in [0.05, 0.1) is 0 Å². The fourth-order valence-electron chi connectivity index (χ4n) is 1.58. The molecular formula is C14H16N2O5. The zero-order valence-electron chi connectivity index (χ0n) is 11.2. The number of ether oxygens (including phenoxy) is 1. The minimum absolute atomic E-state index is 0.563. The van der Waals surface area contributed by atoms with Crippen LogP contribution in [-0.4, -0.2) is 35.4 Å². The molecule has 0 aliphatic carbocycles. The first-order valence-corrected chi connectivity index (χ1v) is 5.96. The molecule has 2 rings (SSSR count). The molecule has 0 heterocycles. The van der Waals surface area contributed by atoms with Gasteiger partial charge in [0.25, 0.3) is 0 Å². The highest BCUT2D eigenvalue weighted by Crippen LogP contribution is 2.24. The maximum atomic E-state index is 9.66. The lowest BCUT2D eigenvalue weighted by atomic mass is 10.1. The van der Waals surface area contributed by atoms with E-state index in [9.17, 15) is 9.59 Å². The Morgan fingerprint density at radius 1 is 0.857 bits per heavy atom. The number of carboxylic acid groups (broad SMARTS) is 2. The van der Waals surface area contributed by atoms with Crippen molar-refractivity contribution in [3.05, 3.63) is 36.4 Å². The molecule has 0 saturated heterocycles. The van der Waals surface area contributed by atoms with Crippen molar-refractivity contribution in [1.29, 1.82) is 0 Å². The van der Waals surface area contributed by atoms with Gasteiger partial charge >= 0.3 is 11.9 Å². The number of nitrogen functional groups attached to an aromatic ring is 2. The van der Waals surface area contributed by atoms with Crippen molar-refractivity contribution in [2.75, 3.05) is 24.7 Å². The van der Waals surface area contributed by atoms with Crippen molar-refractivity contribution >= 4 is 34.1 Å². The van der Waals surface area contributed by atoms with Crippen molar-refractivity contribution in [3.63, 3.8) is 0 Å². The quantitative estimate of drug-likeness (QED) is 0.621. The van der Waals surface area contributed by atoms with Gasteiger partial charge in [0.2, 0.25) is 0 Å². The molecule has 0 aromatic heterocycles. The van der Waals surface area contributed by atoms with Crippen LogP contribution in [0.15, 0.2) is 36.4 Å². The molecule has 2 aromatic rings. The second-order valence-corrected chi connectivity index (χ2v) is 4.07. The van der Waals surface area contributed by atoms with E-state index in [1.54, 1.807) is 0 Å². The molecule has 0 unspecified atom stereocenters. The second kappa shape index (κ2) is 7.71. The Morgan fingerprint density at radius 2 is 1.24 bits per heavy atom. The number of aliphatic carboxylic acids is 2. The van der Waals surface area contributed by atoms with Crippen LogP contribution in [0.1, 0.15) is 0 Å². The number of hydrogen-bond acceptors (Lipinski definition) is 5. The third-order valence-electron chi connectivity index (χ3n) is 2.44. The van der Waals surface area contributed by atoms with Crippen LogP contribution in [0.25, 0.3) is 10.8 Å². The Morgan fingerprint density at radius 3 is 1.57 bits per heavy atom. The SMILES string of the molecule is Nc1cccc2c(N)cccc12.O=C(O)COCC(=O)O. The Labute approximate surface area is 120 Å². The third kappa shape index (κ3) is 5.37. The molecule has 0 saturated carbocycles. The molecule has 0 spiro atoms. The van der Waals surface area contributed by atoms with Crippen LogP contribution in [0.5, 0.6) is 0 Å². The minimum atomic E-state index is -1.17. The number of hydrogen-bond donors (Lipinski definition) is 4. The standard InChI is InChI=1S/C10H10N2.C4H6O5/c11-9-5-1-3-7-8(9)4-2-6-10(7)12;5-3(6)1-9-2-4(7)8/h1-6H,11-12H2;1-2H2,(H,5,6)(H,7,8). The Kier molecular flexibility index (Phi) is 5.97. The monoisotopic (exact) mass is 292 g/mol. The van der Waals surface area contributed by atoms with Crippen LogP contribution < -0.4 is 11.5 Å². The summed E-state index contributed by atoms with van der Waals surface area (Å²) in [5.74, 6) is -2.34. The topological polar surface area (TPSA) is 136 Å². The van der Waals surface area contributed by atoms with Gasteiger partial charge in [-0.15, -0.1) is 0 Å². The van der Waals surface area contributed by atoms with Gasteiger partial charge in [-0.2, -0.15) is 0 Å². The van der Waals surface area contributed by atoms with Gasteiger partial charge in [-0.3, -0.25) is 0 Å². The summed E-state index contributed by atoms with van der Waals surface area (Å²) in [5, 5.41) is 17.9. The van der Waals surface area contributed by atoms with Gasteiger partial charge in [-0.25, -0.2) is 9.59 Å². The van der Waals surface area contributed by atoms with Crippen LogP contribution in [0, 0.1) is 0 Å². The van der Waals surface area contributed by atoms with Gasteiger partial charge in [-0.1, -0.05) is 24.3 Å². The summed E-state index contributed by atoms with van der Waals surface area (Å²) in [7, 11) is 0. The molecule has 112 valence electrons. The summed E-state index contributed by atoms with van der Waals surface area (Å²) >= 11 is 0.